The summed E-state index contributed by atoms with van der Waals surface area (Å²) in [6.45, 7) is 6.82. The van der Waals surface area contributed by atoms with Crippen molar-refractivity contribution in [3.05, 3.63) is 0 Å². The van der Waals surface area contributed by atoms with Crippen LogP contribution < -0.4 is 0 Å². The lowest BCUT2D eigenvalue weighted by Crippen LogP contribution is -2.55. The molecule has 0 radical (unpaired) electrons. The number of rotatable bonds is 0. The van der Waals surface area contributed by atoms with Gasteiger partial charge < -0.3 is 106 Å². The SMILES string of the molecule is C[C@H]1[C@@H](O)[C@@H]2OC[C@H]1O[C@H]1OC[C@H](C[C@H]1C)O[C@H]1OC[C@H](C[C@H]1O)O[C@H]1OC[C@H](C[C@H]1O)O[C@H]1OC[C@H](C[C@H]1C)O[C@H]1OC[C@H](C[C@H]1O)O[C@H]1OC[C@H](C[C@H]1O)O[C@H]1OC[C@H](C[C@H]1O)O2. The number of hydrogen-bond acceptors (Lipinski definition) is 22. The van der Waals surface area contributed by atoms with Crippen molar-refractivity contribution in [2.75, 3.05) is 52.9 Å². The van der Waals surface area contributed by atoms with E-state index in [-0.39, 0.29) is 115 Å². The molecule has 0 saturated carbocycles. The van der Waals surface area contributed by atoms with Gasteiger partial charge in [0.25, 0.3) is 0 Å². The molecule has 30 saturated heterocycles. The normalized spacial score (nSPS) is 53.4. The fourth-order valence-electron chi connectivity index (χ4n) is 10.1. The lowest BCUT2D eigenvalue weighted by atomic mass is 9.94. The number of hydrogen-bond donors (Lipinski definition) is 6. The van der Waals surface area contributed by atoms with Crippen LogP contribution in [0.25, 0.3) is 0 Å². The van der Waals surface area contributed by atoms with Crippen LogP contribution >= 0.6 is 0 Å². The van der Waals surface area contributed by atoms with E-state index in [1.165, 1.54) is 0 Å². The zero-order valence-corrected chi connectivity index (χ0v) is 37.3. The highest BCUT2D eigenvalue weighted by Crippen LogP contribution is 2.35. The summed E-state index contributed by atoms with van der Waals surface area (Å²) >= 11 is 0. The second-order valence-electron chi connectivity index (χ2n) is 19.4. The summed E-state index contributed by atoms with van der Waals surface area (Å²) < 4.78 is 96.5. The molecule has 30 fully saturated rings. The first-order valence-corrected chi connectivity index (χ1v) is 23.6. The summed E-state index contributed by atoms with van der Waals surface area (Å²) in [7, 11) is 0. The number of aliphatic hydroxyl groups is 6. The summed E-state index contributed by atoms with van der Waals surface area (Å²) in [6.07, 6.45) is -15.1. The molecule has 22 heteroatoms. The smallest absolute Gasteiger partial charge is 0.184 e. The van der Waals surface area contributed by atoms with Gasteiger partial charge in [-0.05, 0) is 12.8 Å². The summed E-state index contributed by atoms with van der Waals surface area (Å²) in [4.78, 5) is 0. The maximum Gasteiger partial charge on any atom is 0.184 e. The van der Waals surface area contributed by atoms with Gasteiger partial charge >= 0.3 is 0 Å². The van der Waals surface area contributed by atoms with Gasteiger partial charge in [-0.2, -0.15) is 0 Å². The molecule has 0 aromatic heterocycles. The van der Waals surface area contributed by atoms with E-state index >= 15 is 0 Å². The summed E-state index contributed by atoms with van der Waals surface area (Å²) in [5, 5.41) is 66.1. The van der Waals surface area contributed by atoms with E-state index in [0.29, 0.717) is 12.8 Å². The third-order valence-corrected chi connectivity index (χ3v) is 13.8. The van der Waals surface area contributed by atoms with Gasteiger partial charge in [-0.3, -0.25) is 0 Å². The van der Waals surface area contributed by atoms with Crippen molar-refractivity contribution in [3.63, 3.8) is 0 Å². The molecule has 0 aliphatic carbocycles. The lowest BCUT2D eigenvalue weighted by molar-refractivity contribution is -0.338. The molecule has 374 valence electrons. The van der Waals surface area contributed by atoms with E-state index in [0.717, 1.165) is 0 Å². The standard InChI is InChI=1S/C43H70O22/c1-19-4-22-11-50-36(19)58-24-6-29(44)40(52-13-24)61-25-7-31(46)39(54-14-25)60-23-5-20(2)37(51-12-23)65-34-18-57-43(35(49)21(34)3)64-28-10-33(48)42(56-17-28)63-27-9-32(47)41(55-16-27)62-26-8-30(45)38(59-22)53-15-26/h19-49H,4-18H2,1-3H3/t19-,20-,21-,22+,23+,24+,25+,26+,27+,28+,29-,30-,31-,32-,33-,34-,35-,36-,37-,38-,39-,40-,41-,42-,43-/m1/s1. The van der Waals surface area contributed by atoms with Gasteiger partial charge in [0.05, 0.1) is 102 Å². The molecule has 30 heterocycles. The van der Waals surface area contributed by atoms with Crippen molar-refractivity contribution in [2.45, 2.75) is 201 Å². The van der Waals surface area contributed by atoms with Crippen molar-refractivity contribution in [1.29, 1.82) is 0 Å². The first-order chi connectivity index (χ1) is 31.3. The second-order valence-corrected chi connectivity index (χ2v) is 19.4. The van der Waals surface area contributed by atoms with E-state index < -0.39 is 124 Å². The average Bonchev–Trinajstić information content (AvgIpc) is 3.27. The molecule has 0 spiro atoms. The molecule has 30 aliphatic rings. The predicted molar refractivity (Wildman–Crippen MR) is 213 cm³/mol. The van der Waals surface area contributed by atoms with Crippen LogP contribution in [0.15, 0.2) is 0 Å². The van der Waals surface area contributed by atoms with Crippen molar-refractivity contribution in [2.24, 2.45) is 17.8 Å². The van der Waals surface area contributed by atoms with Crippen LogP contribution in [0.1, 0.15) is 65.7 Å². The molecule has 0 amide bonds. The van der Waals surface area contributed by atoms with Crippen LogP contribution in [0.5, 0.6) is 0 Å². The zero-order chi connectivity index (χ0) is 45.4. The molecule has 65 heavy (non-hydrogen) atoms. The molecular formula is C43H70O22. The van der Waals surface area contributed by atoms with E-state index in [4.69, 9.17) is 75.8 Å². The minimum Gasteiger partial charge on any atom is -0.388 e. The van der Waals surface area contributed by atoms with Gasteiger partial charge in [-0.25, -0.2) is 0 Å². The molecule has 25 atom stereocenters. The highest BCUT2D eigenvalue weighted by molar-refractivity contribution is 4.87. The first kappa shape index (κ1) is 49.1. The van der Waals surface area contributed by atoms with Gasteiger partial charge in [0.2, 0.25) is 0 Å². The Labute approximate surface area is 378 Å². The van der Waals surface area contributed by atoms with Gasteiger partial charge in [0.1, 0.15) is 36.6 Å². The summed E-state index contributed by atoms with van der Waals surface area (Å²) in [5.41, 5.74) is 0. The van der Waals surface area contributed by atoms with Gasteiger partial charge in [-0.15, -0.1) is 0 Å². The lowest BCUT2D eigenvalue weighted by Gasteiger charge is -2.44. The van der Waals surface area contributed by atoms with Crippen LogP contribution in [-0.2, 0) is 75.8 Å². The van der Waals surface area contributed by atoms with E-state index in [2.05, 4.69) is 0 Å². The highest BCUT2D eigenvalue weighted by atomic mass is 16.8. The third kappa shape index (κ3) is 12.2. The number of ether oxygens (including phenoxy) is 16. The van der Waals surface area contributed by atoms with Crippen molar-refractivity contribution in [1.82, 2.24) is 0 Å². The topological polar surface area (TPSA) is 269 Å². The van der Waals surface area contributed by atoms with Crippen molar-refractivity contribution < 1.29 is 106 Å². The van der Waals surface area contributed by atoms with Gasteiger partial charge in [-0.1, -0.05) is 20.8 Å². The van der Waals surface area contributed by atoms with Gasteiger partial charge in [0, 0.05) is 49.9 Å². The number of aliphatic hydroxyl groups excluding tert-OH is 6. The highest BCUT2D eigenvalue weighted by Gasteiger charge is 2.46. The van der Waals surface area contributed by atoms with Crippen LogP contribution in [0, 0.1) is 17.8 Å². The Kier molecular flexibility index (Phi) is 16.7. The molecule has 0 aromatic rings. The van der Waals surface area contributed by atoms with Crippen LogP contribution in [0.2, 0.25) is 0 Å². The van der Waals surface area contributed by atoms with E-state index in [1.807, 2.05) is 20.8 Å². The van der Waals surface area contributed by atoms with Crippen LogP contribution in [0.3, 0.4) is 0 Å². The molecule has 30 rings (SSSR count). The van der Waals surface area contributed by atoms with Gasteiger partial charge in [0.15, 0.2) is 50.3 Å². The molecule has 0 aromatic carbocycles. The van der Waals surface area contributed by atoms with Crippen LogP contribution in [0.4, 0.5) is 0 Å². The van der Waals surface area contributed by atoms with Crippen molar-refractivity contribution in [3.8, 4) is 0 Å². The largest absolute Gasteiger partial charge is 0.388 e. The Morgan fingerprint density at radius 1 is 0.277 bits per heavy atom. The Bertz CT molecular complexity index is 1490. The zero-order valence-electron chi connectivity index (χ0n) is 37.3. The minimum absolute atomic E-state index is 0.0617. The summed E-state index contributed by atoms with van der Waals surface area (Å²) in [5.74, 6) is -0.582. The van der Waals surface area contributed by atoms with E-state index in [1.54, 1.807) is 0 Å². The average molecular weight is 939 g/mol. The summed E-state index contributed by atoms with van der Waals surface area (Å²) in [6, 6.07) is 0. The molecule has 16 bridgehead atoms. The Morgan fingerprint density at radius 2 is 0.523 bits per heavy atom. The van der Waals surface area contributed by atoms with Crippen LogP contribution in [-0.4, -0.2) is 219 Å². The molecule has 30 aliphatic heterocycles. The third-order valence-electron chi connectivity index (χ3n) is 13.8. The molecule has 22 nitrogen and oxygen atoms in total. The second kappa shape index (κ2) is 22.0. The van der Waals surface area contributed by atoms with E-state index in [9.17, 15) is 30.6 Å². The predicted octanol–water partition coefficient (Wildman–Crippen LogP) is -1.26. The fourth-order valence-corrected chi connectivity index (χ4v) is 10.1. The molecule has 6 N–H and O–H groups in total. The first-order valence-electron chi connectivity index (χ1n) is 23.6. The van der Waals surface area contributed by atoms with Crippen molar-refractivity contribution >= 4 is 0 Å². The Morgan fingerprint density at radius 3 is 0.831 bits per heavy atom. The minimum atomic E-state index is -1.07. The monoisotopic (exact) mass is 938 g/mol. The molecule has 0 unspecified atom stereocenters. The maximum atomic E-state index is 11.2. The quantitative estimate of drug-likeness (QED) is 0.165. The molecular weight excluding hydrogens is 868 g/mol. The maximum absolute atomic E-state index is 11.2. The fraction of sp³-hybridized carbons (Fsp3) is 1.00. The Balaban J connectivity index is 0.801. The Hall–Kier alpha value is -0.880.